The molecule has 0 atom stereocenters. The minimum absolute atomic E-state index is 0.308. The zero-order valence-electron chi connectivity index (χ0n) is 11.1. The number of amides is 1. The van der Waals surface area contributed by atoms with Crippen molar-refractivity contribution in [3.8, 4) is 0 Å². The minimum Gasteiger partial charge on any atom is -0.451 e. The van der Waals surface area contributed by atoms with Crippen LogP contribution in [0.3, 0.4) is 0 Å². The van der Waals surface area contributed by atoms with Crippen molar-refractivity contribution in [3.63, 3.8) is 0 Å². The number of carbonyl (C=O) groups excluding carboxylic acids is 2. The summed E-state index contributed by atoms with van der Waals surface area (Å²) in [4.78, 5) is 26.1. The third-order valence-electron chi connectivity index (χ3n) is 2.71. The van der Waals surface area contributed by atoms with Crippen LogP contribution in [0.2, 0.25) is 0 Å². The minimum atomic E-state index is -0.553. The Balaban J connectivity index is 1.87. The third kappa shape index (κ3) is 3.58. The van der Waals surface area contributed by atoms with Crippen LogP contribution in [0.5, 0.6) is 0 Å². The Morgan fingerprint density at radius 1 is 1.30 bits per heavy atom. The molecule has 1 heterocycles. The molecule has 0 aliphatic carbocycles. The van der Waals surface area contributed by atoms with Crippen LogP contribution < -0.4 is 5.32 Å². The van der Waals surface area contributed by atoms with Gasteiger partial charge >= 0.3 is 5.97 Å². The largest absolute Gasteiger partial charge is 0.451 e. The number of hydrogen-bond donors (Lipinski definition) is 2. The number of aromatic amines is 1. The summed E-state index contributed by atoms with van der Waals surface area (Å²) in [5, 5.41) is 3.49. The van der Waals surface area contributed by atoms with Crippen LogP contribution in [0.25, 0.3) is 10.9 Å². The van der Waals surface area contributed by atoms with Gasteiger partial charge < -0.3 is 19.8 Å². The van der Waals surface area contributed by atoms with Crippen LogP contribution in [-0.4, -0.2) is 43.7 Å². The fourth-order valence-electron chi connectivity index (χ4n) is 1.74. The van der Waals surface area contributed by atoms with E-state index in [1.54, 1.807) is 13.2 Å². The topological polar surface area (TPSA) is 80.4 Å². The molecule has 0 aliphatic rings. The van der Waals surface area contributed by atoms with Gasteiger partial charge in [0.25, 0.3) is 5.91 Å². The van der Waals surface area contributed by atoms with Crippen molar-refractivity contribution in [1.82, 2.24) is 10.3 Å². The first kappa shape index (κ1) is 14.1. The molecule has 6 nitrogen and oxygen atoms in total. The summed E-state index contributed by atoms with van der Waals surface area (Å²) < 4.78 is 9.72. The Morgan fingerprint density at radius 3 is 2.85 bits per heavy atom. The fraction of sp³-hybridized carbons (Fsp3) is 0.286. The highest BCUT2D eigenvalue weighted by Gasteiger charge is 2.12. The lowest BCUT2D eigenvalue weighted by atomic mass is 10.2. The molecule has 0 fully saturated rings. The molecular weight excluding hydrogens is 260 g/mol. The molecule has 20 heavy (non-hydrogen) atoms. The van der Waals surface area contributed by atoms with Crippen LogP contribution in [0, 0.1) is 0 Å². The molecule has 2 rings (SSSR count). The van der Waals surface area contributed by atoms with E-state index in [2.05, 4.69) is 10.3 Å². The molecule has 1 aromatic heterocycles. The van der Waals surface area contributed by atoms with E-state index in [4.69, 9.17) is 9.47 Å². The molecule has 0 saturated heterocycles. The number of esters is 1. The molecule has 106 valence electrons. The molecule has 2 aromatic rings. The normalized spacial score (nSPS) is 10.4. The van der Waals surface area contributed by atoms with Crippen LogP contribution in [-0.2, 0) is 14.3 Å². The Labute approximate surface area is 116 Å². The van der Waals surface area contributed by atoms with Crippen molar-refractivity contribution in [2.45, 2.75) is 0 Å². The van der Waals surface area contributed by atoms with Gasteiger partial charge in [0, 0.05) is 24.6 Å². The van der Waals surface area contributed by atoms with Gasteiger partial charge in [-0.25, -0.2) is 4.79 Å². The second-order valence-corrected chi connectivity index (χ2v) is 4.19. The molecule has 2 N–H and O–H groups in total. The summed E-state index contributed by atoms with van der Waals surface area (Å²) in [7, 11) is 1.54. The average Bonchev–Trinajstić information content (AvgIpc) is 2.89. The SMILES string of the molecule is COCCNC(=O)COC(=O)c1cc2ccccc2[nH]1. The number of hydrogen-bond acceptors (Lipinski definition) is 4. The second-order valence-electron chi connectivity index (χ2n) is 4.19. The van der Waals surface area contributed by atoms with Crippen LogP contribution in [0.4, 0.5) is 0 Å². The van der Waals surface area contributed by atoms with Gasteiger partial charge in [-0.05, 0) is 12.1 Å². The molecule has 0 bridgehead atoms. The van der Waals surface area contributed by atoms with E-state index >= 15 is 0 Å². The molecule has 0 spiro atoms. The number of carbonyl (C=O) groups is 2. The first-order valence-electron chi connectivity index (χ1n) is 6.21. The smallest absolute Gasteiger partial charge is 0.355 e. The standard InChI is InChI=1S/C14H16N2O4/c1-19-7-6-15-13(17)9-20-14(18)12-8-10-4-2-3-5-11(10)16-12/h2-5,8,16H,6-7,9H2,1H3,(H,15,17). The summed E-state index contributed by atoms with van der Waals surface area (Å²) in [6, 6.07) is 9.20. The molecule has 6 heteroatoms. The van der Waals surface area contributed by atoms with Crippen molar-refractivity contribution in [2.24, 2.45) is 0 Å². The average molecular weight is 276 g/mol. The molecular formula is C14H16N2O4. The maximum Gasteiger partial charge on any atom is 0.355 e. The van der Waals surface area contributed by atoms with E-state index < -0.39 is 5.97 Å². The number of methoxy groups -OCH3 is 1. The zero-order valence-corrected chi connectivity index (χ0v) is 11.1. The van der Waals surface area contributed by atoms with E-state index in [0.717, 1.165) is 10.9 Å². The number of para-hydroxylation sites is 1. The summed E-state index contributed by atoms with van der Waals surface area (Å²) in [5.74, 6) is -0.908. The predicted molar refractivity (Wildman–Crippen MR) is 73.5 cm³/mol. The van der Waals surface area contributed by atoms with Gasteiger partial charge in [0.15, 0.2) is 6.61 Å². The summed E-state index contributed by atoms with van der Waals surface area (Å²) in [6.45, 7) is 0.499. The van der Waals surface area contributed by atoms with Gasteiger partial charge in [-0.3, -0.25) is 4.79 Å². The van der Waals surface area contributed by atoms with Gasteiger partial charge in [-0.15, -0.1) is 0 Å². The van der Waals surface area contributed by atoms with Gasteiger partial charge in [0.2, 0.25) is 0 Å². The van der Waals surface area contributed by atoms with Crippen molar-refractivity contribution in [1.29, 1.82) is 0 Å². The number of ether oxygens (including phenoxy) is 2. The monoisotopic (exact) mass is 276 g/mol. The summed E-state index contributed by atoms with van der Waals surface area (Å²) >= 11 is 0. The first-order valence-corrected chi connectivity index (χ1v) is 6.21. The second kappa shape index (κ2) is 6.72. The molecule has 0 aliphatic heterocycles. The highest BCUT2D eigenvalue weighted by atomic mass is 16.5. The van der Waals surface area contributed by atoms with Crippen LogP contribution >= 0.6 is 0 Å². The van der Waals surface area contributed by atoms with Gasteiger partial charge in [0.05, 0.1) is 6.61 Å². The van der Waals surface area contributed by atoms with E-state index in [-0.39, 0.29) is 12.5 Å². The predicted octanol–water partition coefficient (Wildman–Crippen LogP) is 1.09. The number of benzene rings is 1. The lowest BCUT2D eigenvalue weighted by molar-refractivity contribution is -0.124. The Bertz CT molecular complexity index is 573. The number of nitrogens with one attached hydrogen (secondary N) is 2. The number of H-pyrrole nitrogens is 1. The van der Waals surface area contributed by atoms with Gasteiger partial charge in [0.1, 0.15) is 5.69 Å². The summed E-state index contributed by atoms with van der Waals surface area (Å²) in [6.07, 6.45) is 0. The molecule has 0 radical (unpaired) electrons. The maximum atomic E-state index is 11.8. The van der Waals surface area contributed by atoms with Crippen LogP contribution in [0.15, 0.2) is 30.3 Å². The van der Waals surface area contributed by atoms with Crippen molar-refractivity contribution >= 4 is 22.8 Å². The van der Waals surface area contributed by atoms with Gasteiger partial charge in [-0.2, -0.15) is 0 Å². The maximum absolute atomic E-state index is 11.8. The van der Waals surface area contributed by atoms with E-state index in [0.29, 0.717) is 18.8 Å². The lowest BCUT2D eigenvalue weighted by Crippen LogP contribution is -2.31. The highest BCUT2D eigenvalue weighted by molar-refractivity contribution is 5.95. The highest BCUT2D eigenvalue weighted by Crippen LogP contribution is 2.15. The number of aromatic nitrogens is 1. The van der Waals surface area contributed by atoms with Crippen LogP contribution in [0.1, 0.15) is 10.5 Å². The molecule has 1 aromatic carbocycles. The first-order chi connectivity index (χ1) is 9.70. The summed E-state index contributed by atoms with van der Waals surface area (Å²) in [5.41, 5.74) is 1.18. The molecule has 0 saturated carbocycles. The van der Waals surface area contributed by atoms with E-state index in [1.807, 2.05) is 24.3 Å². The van der Waals surface area contributed by atoms with E-state index in [1.165, 1.54) is 0 Å². The van der Waals surface area contributed by atoms with Crippen molar-refractivity contribution in [3.05, 3.63) is 36.0 Å². The fourth-order valence-corrected chi connectivity index (χ4v) is 1.74. The lowest BCUT2D eigenvalue weighted by Gasteiger charge is -2.05. The third-order valence-corrected chi connectivity index (χ3v) is 2.71. The zero-order chi connectivity index (χ0) is 14.4. The Morgan fingerprint density at radius 2 is 2.10 bits per heavy atom. The molecule has 0 unspecified atom stereocenters. The quantitative estimate of drug-likeness (QED) is 0.611. The van der Waals surface area contributed by atoms with Gasteiger partial charge in [-0.1, -0.05) is 18.2 Å². The number of fused-ring (bicyclic) bond motifs is 1. The Hall–Kier alpha value is -2.34. The van der Waals surface area contributed by atoms with Crippen molar-refractivity contribution in [2.75, 3.05) is 26.9 Å². The Kier molecular flexibility index (Phi) is 4.73. The number of rotatable bonds is 6. The molecule has 1 amide bonds. The van der Waals surface area contributed by atoms with E-state index in [9.17, 15) is 9.59 Å². The van der Waals surface area contributed by atoms with Crippen molar-refractivity contribution < 1.29 is 19.1 Å².